The van der Waals surface area contributed by atoms with E-state index in [1.165, 1.54) is 47.0 Å². The van der Waals surface area contributed by atoms with Crippen LogP contribution in [0.3, 0.4) is 0 Å². The van der Waals surface area contributed by atoms with Gasteiger partial charge in [0.1, 0.15) is 18.5 Å². The molecule has 0 radical (unpaired) electrons. The molecule has 0 saturated carbocycles. The normalized spacial score (nSPS) is 20.1. The first-order valence-electron chi connectivity index (χ1n) is 10.4. The fraction of sp³-hybridized carbons (Fsp3) is 0.417. The van der Waals surface area contributed by atoms with E-state index in [-0.39, 0.29) is 0 Å². The molecule has 0 amide bonds. The van der Waals surface area contributed by atoms with Crippen LogP contribution in [0.5, 0.6) is 5.75 Å². The molecule has 0 unspecified atom stereocenters. The Kier molecular flexibility index (Phi) is 4.61. The molecule has 0 saturated heterocycles. The van der Waals surface area contributed by atoms with Gasteiger partial charge in [0.25, 0.3) is 0 Å². The third-order valence-corrected chi connectivity index (χ3v) is 6.27. The van der Waals surface area contributed by atoms with Crippen LogP contribution in [0.25, 0.3) is 10.9 Å². The highest BCUT2D eigenvalue weighted by atomic mass is 16.5. The predicted octanol–water partition coefficient (Wildman–Crippen LogP) is 4.08. The molecular weight excluding hydrogens is 348 g/mol. The zero-order valence-corrected chi connectivity index (χ0v) is 16.5. The number of rotatable bonds is 5. The van der Waals surface area contributed by atoms with Crippen molar-refractivity contribution in [1.82, 2.24) is 9.47 Å². The van der Waals surface area contributed by atoms with Gasteiger partial charge in [-0.05, 0) is 56.0 Å². The van der Waals surface area contributed by atoms with Crippen molar-refractivity contribution in [3.05, 3.63) is 65.4 Å². The Morgan fingerprint density at radius 3 is 2.86 bits per heavy atom. The highest BCUT2D eigenvalue weighted by Crippen LogP contribution is 2.42. The molecule has 1 aliphatic heterocycles. The van der Waals surface area contributed by atoms with Crippen molar-refractivity contribution in [2.75, 3.05) is 19.7 Å². The van der Waals surface area contributed by atoms with Gasteiger partial charge < -0.3 is 14.4 Å². The predicted molar refractivity (Wildman–Crippen MR) is 112 cm³/mol. The zero-order valence-electron chi connectivity index (χ0n) is 16.5. The van der Waals surface area contributed by atoms with Crippen molar-refractivity contribution in [3.63, 3.8) is 0 Å². The standard InChI is InChI=1S/C24H28N2O2/c1-17-10-11-22-21(14-17)20-8-5-9-23-24(20)26(22)13-12-25(23)15-18(27)16-28-19-6-3-2-4-7-19/h2-4,6-7,10-11,14,18,23,27H,5,8-9,12-13,15-16H2,1H3/t18-,23-/m0/s1. The van der Waals surface area contributed by atoms with Crippen molar-refractivity contribution < 1.29 is 9.84 Å². The largest absolute Gasteiger partial charge is 0.491 e. The number of aryl methyl sites for hydroxylation is 2. The van der Waals surface area contributed by atoms with Crippen LogP contribution >= 0.6 is 0 Å². The number of aliphatic hydroxyl groups is 1. The maximum absolute atomic E-state index is 10.6. The maximum Gasteiger partial charge on any atom is 0.119 e. The number of para-hydroxylation sites is 1. The zero-order chi connectivity index (χ0) is 19.1. The van der Waals surface area contributed by atoms with Crippen LogP contribution in [-0.4, -0.2) is 40.4 Å². The SMILES string of the molecule is Cc1ccc2c(c1)c1c3n2CCN(C[C@H](O)COc2ccccc2)[C@H]3CCC1. The molecule has 2 atom stereocenters. The van der Waals surface area contributed by atoms with Crippen LogP contribution in [-0.2, 0) is 13.0 Å². The Bertz CT molecular complexity index is 979. The van der Waals surface area contributed by atoms with Gasteiger partial charge in [0, 0.05) is 36.2 Å². The minimum absolute atomic E-state index is 0.336. The summed E-state index contributed by atoms with van der Waals surface area (Å²) < 4.78 is 8.30. The molecule has 0 spiro atoms. The van der Waals surface area contributed by atoms with Gasteiger partial charge in [0.15, 0.2) is 0 Å². The molecule has 0 fully saturated rings. The number of β-amino-alcohol motifs (C(OH)–C–C–N with tert-alkyl or cyclic N) is 1. The average molecular weight is 377 g/mol. The van der Waals surface area contributed by atoms with Gasteiger partial charge in [-0.25, -0.2) is 0 Å². The average Bonchev–Trinajstić information content (AvgIpc) is 3.04. The number of aromatic nitrogens is 1. The first-order valence-corrected chi connectivity index (χ1v) is 10.4. The number of nitrogens with zero attached hydrogens (tertiary/aromatic N) is 2. The van der Waals surface area contributed by atoms with Gasteiger partial charge in [-0.3, -0.25) is 4.90 Å². The van der Waals surface area contributed by atoms with Crippen LogP contribution < -0.4 is 4.74 Å². The number of hydrogen-bond acceptors (Lipinski definition) is 3. The van der Waals surface area contributed by atoms with E-state index < -0.39 is 6.10 Å². The molecular formula is C24H28N2O2. The van der Waals surface area contributed by atoms with Crippen molar-refractivity contribution in [2.24, 2.45) is 0 Å². The molecule has 28 heavy (non-hydrogen) atoms. The second kappa shape index (κ2) is 7.26. The van der Waals surface area contributed by atoms with Crippen LogP contribution in [0.4, 0.5) is 0 Å². The van der Waals surface area contributed by atoms with Crippen LogP contribution in [0, 0.1) is 6.92 Å². The lowest BCUT2D eigenvalue weighted by Crippen LogP contribution is -2.44. The summed E-state index contributed by atoms with van der Waals surface area (Å²) in [5.41, 5.74) is 5.75. The van der Waals surface area contributed by atoms with Crippen molar-refractivity contribution in [1.29, 1.82) is 0 Å². The summed E-state index contributed by atoms with van der Waals surface area (Å²) in [4.78, 5) is 2.47. The minimum Gasteiger partial charge on any atom is -0.491 e. The summed E-state index contributed by atoms with van der Waals surface area (Å²) in [5, 5.41) is 12.1. The molecule has 4 nitrogen and oxygen atoms in total. The summed E-state index contributed by atoms with van der Waals surface area (Å²) in [6.07, 6.45) is 3.09. The molecule has 2 heterocycles. The van der Waals surface area contributed by atoms with Gasteiger partial charge in [-0.15, -0.1) is 0 Å². The van der Waals surface area contributed by atoms with E-state index in [2.05, 4.69) is 34.6 Å². The van der Waals surface area contributed by atoms with Gasteiger partial charge in [0.2, 0.25) is 0 Å². The first kappa shape index (κ1) is 17.8. The lowest BCUT2D eigenvalue weighted by atomic mass is 9.89. The van der Waals surface area contributed by atoms with E-state index in [1.807, 2.05) is 30.3 Å². The first-order chi connectivity index (χ1) is 13.7. The van der Waals surface area contributed by atoms with Crippen molar-refractivity contribution >= 4 is 10.9 Å². The molecule has 4 heteroatoms. The molecule has 146 valence electrons. The number of ether oxygens (including phenoxy) is 1. The molecule has 0 bridgehead atoms. The van der Waals surface area contributed by atoms with Crippen molar-refractivity contribution in [3.8, 4) is 5.75 Å². The second-order valence-electron chi connectivity index (χ2n) is 8.22. The van der Waals surface area contributed by atoms with Gasteiger partial charge in [-0.1, -0.05) is 29.8 Å². The van der Waals surface area contributed by atoms with Crippen LogP contribution in [0.1, 0.15) is 35.7 Å². The summed E-state index contributed by atoms with van der Waals surface area (Å²) in [5.74, 6) is 0.815. The Morgan fingerprint density at radius 1 is 1.14 bits per heavy atom. The highest BCUT2D eigenvalue weighted by molar-refractivity contribution is 5.87. The monoisotopic (exact) mass is 376 g/mol. The Balaban J connectivity index is 1.36. The van der Waals surface area contributed by atoms with E-state index in [0.717, 1.165) is 18.8 Å². The number of fused-ring (bicyclic) bond motifs is 3. The molecule has 2 aliphatic rings. The Labute approximate surface area is 166 Å². The number of hydrogen-bond donors (Lipinski definition) is 1. The van der Waals surface area contributed by atoms with Crippen LogP contribution in [0.15, 0.2) is 48.5 Å². The van der Waals surface area contributed by atoms with Gasteiger partial charge in [-0.2, -0.15) is 0 Å². The third-order valence-electron chi connectivity index (χ3n) is 6.27. The summed E-state index contributed by atoms with van der Waals surface area (Å²) >= 11 is 0. The molecule has 1 aliphatic carbocycles. The number of aliphatic hydroxyl groups excluding tert-OH is 1. The summed E-state index contributed by atoms with van der Waals surface area (Å²) in [7, 11) is 0. The number of benzene rings is 2. The third kappa shape index (κ3) is 3.11. The van der Waals surface area contributed by atoms with Gasteiger partial charge >= 0.3 is 0 Å². The smallest absolute Gasteiger partial charge is 0.119 e. The van der Waals surface area contributed by atoms with Crippen LogP contribution in [0.2, 0.25) is 0 Å². The molecule has 2 aromatic carbocycles. The Hall–Kier alpha value is -2.30. The van der Waals surface area contributed by atoms with Crippen molar-refractivity contribution in [2.45, 2.75) is 44.9 Å². The molecule has 5 rings (SSSR count). The maximum atomic E-state index is 10.6. The quantitative estimate of drug-likeness (QED) is 0.729. The summed E-state index contributed by atoms with van der Waals surface area (Å²) in [6.45, 7) is 5.16. The highest BCUT2D eigenvalue weighted by Gasteiger charge is 2.35. The van der Waals surface area contributed by atoms with E-state index in [0.29, 0.717) is 19.2 Å². The fourth-order valence-electron chi connectivity index (χ4n) is 5.04. The van der Waals surface area contributed by atoms with E-state index in [4.69, 9.17) is 4.74 Å². The lowest BCUT2D eigenvalue weighted by molar-refractivity contribution is 0.0375. The second-order valence-corrected chi connectivity index (χ2v) is 8.22. The minimum atomic E-state index is -0.483. The molecule has 3 aromatic rings. The lowest BCUT2D eigenvalue weighted by Gasteiger charge is -2.40. The molecule has 1 N–H and O–H groups in total. The Morgan fingerprint density at radius 2 is 2.00 bits per heavy atom. The topological polar surface area (TPSA) is 37.6 Å². The fourth-order valence-corrected chi connectivity index (χ4v) is 5.04. The summed E-state index contributed by atoms with van der Waals surface area (Å²) in [6, 6.07) is 17.0. The molecule has 1 aromatic heterocycles. The van der Waals surface area contributed by atoms with Gasteiger partial charge in [0.05, 0.1) is 6.04 Å². The van der Waals surface area contributed by atoms with E-state index in [1.54, 1.807) is 0 Å². The van der Waals surface area contributed by atoms with E-state index >= 15 is 0 Å². The van der Waals surface area contributed by atoms with E-state index in [9.17, 15) is 5.11 Å².